The lowest BCUT2D eigenvalue weighted by Crippen LogP contribution is -2.08. The molecule has 0 aliphatic rings. The molecular formula is C14H13FN2O2. The summed E-state index contributed by atoms with van der Waals surface area (Å²) >= 11 is 0. The first kappa shape index (κ1) is 13.0. The molecule has 0 bridgehead atoms. The zero-order valence-electron chi connectivity index (χ0n) is 10.4. The molecule has 2 aromatic rings. The number of para-hydroxylation sites is 1. The fourth-order valence-electron chi connectivity index (χ4n) is 1.73. The fraction of sp³-hybridized carbons (Fsp3) is 0.143. The quantitative estimate of drug-likeness (QED) is 0.887. The van der Waals surface area contributed by atoms with Crippen LogP contribution in [0.3, 0.4) is 0 Å². The number of carbonyl (C=O) groups is 1. The number of nitrogens with zero attached hydrogens (tertiary/aromatic N) is 1. The summed E-state index contributed by atoms with van der Waals surface area (Å²) in [5.41, 5.74) is 1.71. The maximum Gasteiger partial charge on any atom is 0.354 e. The van der Waals surface area contributed by atoms with Crippen molar-refractivity contribution in [3.05, 3.63) is 59.2 Å². The molecule has 1 heterocycles. The number of aromatic carboxylic acids is 1. The van der Waals surface area contributed by atoms with Crippen molar-refractivity contribution >= 4 is 11.7 Å². The van der Waals surface area contributed by atoms with Crippen LogP contribution >= 0.6 is 0 Å². The van der Waals surface area contributed by atoms with E-state index in [0.717, 1.165) is 5.56 Å². The minimum Gasteiger partial charge on any atom is -0.477 e. The Balaban J connectivity index is 2.15. The van der Waals surface area contributed by atoms with Gasteiger partial charge in [-0.05, 0) is 30.7 Å². The molecule has 0 radical (unpaired) electrons. The number of pyridine rings is 1. The van der Waals surface area contributed by atoms with Gasteiger partial charge >= 0.3 is 5.97 Å². The summed E-state index contributed by atoms with van der Waals surface area (Å²) in [5, 5.41) is 11.8. The Labute approximate surface area is 109 Å². The van der Waals surface area contributed by atoms with Gasteiger partial charge < -0.3 is 10.4 Å². The molecule has 0 saturated carbocycles. The van der Waals surface area contributed by atoms with Crippen LogP contribution in [0.5, 0.6) is 0 Å². The topological polar surface area (TPSA) is 62.2 Å². The second-order valence-electron chi connectivity index (χ2n) is 4.10. The lowest BCUT2D eigenvalue weighted by Gasteiger charge is -2.10. The predicted octanol–water partition coefficient (Wildman–Crippen LogP) is 2.84. The van der Waals surface area contributed by atoms with Gasteiger partial charge in [0.15, 0.2) is 0 Å². The van der Waals surface area contributed by atoms with Gasteiger partial charge in [-0.15, -0.1) is 0 Å². The molecule has 0 saturated heterocycles. The highest BCUT2D eigenvalue weighted by molar-refractivity contribution is 5.85. The molecule has 0 aliphatic heterocycles. The molecule has 98 valence electrons. The van der Waals surface area contributed by atoms with Crippen LogP contribution in [0.15, 0.2) is 36.4 Å². The van der Waals surface area contributed by atoms with Gasteiger partial charge in [0, 0.05) is 0 Å². The van der Waals surface area contributed by atoms with Gasteiger partial charge in [0.05, 0.1) is 17.9 Å². The third-order valence-electron chi connectivity index (χ3n) is 2.69. The van der Waals surface area contributed by atoms with E-state index in [4.69, 9.17) is 5.11 Å². The van der Waals surface area contributed by atoms with Gasteiger partial charge in [0.25, 0.3) is 0 Å². The minimum absolute atomic E-state index is 0.0236. The first-order valence-corrected chi connectivity index (χ1v) is 5.76. The Morgan fingerprint density at radius 2 is 2.05 bits per heavy atom. The molecule has 0 unspecified atom stereocenters. The Kier molecular flexibility index (Phi) is 3.75. The van der Waals surface area contributed by atoms with Gasteiger partial charge in [0.2, 0.25) is 0 Å². The first-order chi connectivity index (χ1) is 9.08. The Hall–Kier alpha value is -2.43. The number of carboxylic acid groups (broad SMARTS) is 1. The summed E-state index contributed by atoms with van der Waals surface area (Å²) < 4.78 is 13.6. The van der Waals surface area contributed by atoms with Crippen LogP contribution in [-0.2, 0) is 6.54 Å². The van der Waals surface area contributed by atoms with E-state index in [0.29, 0.717) is 11.4 Å². The van der Waals surface area contributed by atoms with Crippen molar-refractivity contribution in [2.24, 2.45) is 0 Å². The molecule has 0 spiro atoms. The third-order valence-corrected chi connectivity index (χ3v) is 2.69. The zero-order valence-corrected chi connectivity index (χ0v) is 10.4. The predicted molar refractivity (Wildman–Crippen MR) is 69.7 cm³/mol. The zero-order chi connectivity index (χ0) is 13.8. The molecule has 1 aromatic carbocycles. The molecule has 2 N–H and O–H groups in total. The van der Waals surface area contributed by atoms with Crippen molar-refractivity contribution in [1.82, 2.24) is 4.98 Å². The number of hydrogen-bond acceptors (Lipinski definition) is 3. The van der Waals surface area contributed by atoms with E-state index < -0.39 is 5.97 Å². The number of carboxylic acids is 1. The molecule has 4 nitrogen and oxygen atoms in total. The van der Waals surface area contributed by atoms with E-state index in [1.54, 1.807) is 31.2 Å². The van der Waals surface area contributed by atoms with E-state index in [1.807, 2.05) is 0 Å². The molecule has 0 fully saturated rings. The van der Waals surface area contributed by atoms with Crippen molar-refractivity contribution in [3.8, 4) is 0 Å². The lowest BCUT2D eigenvalue weighted by atomic mass is 10.2. The van der Waals surface area contributed by atoms with Crippen molar-refractivity contribution in [1.29, 1.82) is 0 Å². The average molecular weight is 260 g/mol. The van der Waals surface area contributed by atoms with Gasteiger partial charge in [-0.1, -0.05) is 18.2 Å². The highest BCUT2D eigenvalue weighted by Gasteiger charge is 2.07. The number of rotatable bonds is 4. The number of aryl methyl sites for hydroxylation is 1. The number of benzene rings is 1. The van der Waals surface area contributed by atoms with Crippen LogP contribution in [0.25, 0.3) is 0 Å². The Morgan fingerprint density at radius 1 is 1.32 bits per heavy atom. The van der Waals surface area contributed by atoms with Gasteiger partial charge in [-0.2, -0.15) is 0 Å². The molecule has 0 aliphatic carbocycles. The van der Waals surface area contributed by atoms with E-state index in [9.17, 15) is 9.18 Å². The van der Waals surface area contributed by atoms with Crippen molar-refractivity contribution < 1.29 is 14.3 Å². The molecule has 5 heteroatoms. The largest absolute Gasteiger partial charge is 0.477 e. The summed E-state index contributed by atoms with van der Waals surface area (Å²) in [7, 11) is 0. The van der Waals surface area contributed by atoms with Crippen LogP contribution in [0, 0.1) is 12.7 Å². The van der Waals surface area contributed by atoms with Crippen molar-refractivity contribution in [3.63, 3.8) is 0 Å². The van der Waals surface area contributed by atoms with Crippen LogP contribution in [0.2, 0.25) is 0 Å². The normalized spacial score (nSPS) is 10.2. The summed E-state index contributed by atoms with van der Waals surface area (Å²) in [6.07, 6.45) is 0. The summed E-state index contributed by atoms with van der Waals surface area (Å²) in [6, 6.07) is 9.53. The van der Waals surface area contributed by atoms with Gasteiger partial charge in [-0.3, -0.25) is 0 Å². The van der Waals surface area contributed by atoms with Crippen molar-refractivity contribution in [2.75, 3.05) is 5.32 Å². The summed E-state index contributed by atoms with van der Waals surface area (Å²) in [6.45, 7) is 2.06. The average Bonchev–Trinajstić information content (AvgIpc) is 2.38. The van der Waals surface area contributed by atoms with Crippen molar-refractivity contribution in [2.45, 2.75) is 13.5 Å². The van der Waals surface area contributed by atoms with Crippen LogP contribution in [-0.4, -0.2) is 16.1 Å². The smallest absolute Gasteiger partial charge is 0.354 e. The summed E-state index contributed by atoms with van der Waals surface area (Å²) in [5.74, 6) is -1.42. The molecule has 0 amide bonds. The summed E-state index contributed by atoms with van der Waals surface area (Å²) in [4.78, 5) is 14.8. The van der Waals surface area contributed by atoms with E-state index in [-0.39, 0.29) is 18.1 Å². The first-order valence-electron chi connectivity index (χ1n) is 5.76. The van der Waals surface area contributed by atoms with E-state index in [1.165, 1.54) is 12.1 Å². The Morgan fingerprint density at radius 3 is 2.74 bits per heavy atom. The standard InChI is InChI=1S/C14H13FN2O2/c1-9-4-2-6-11(15)13(9)16-8-10-5-3-7-12(17-10)14(18)19/h2-7,16H,8H2,1H3,(H,18,19). The SMILES string of the molecule is Cc1cccc(F)c1NCc1cccc(C(=O)O)n1. The third kappa shape index (κ3) is 3.07. The number of nitrogens with one attached hydrogen (secondary N) is 1. The second-order valence-corrected chi connectivity index (χ2v) is 4.10. The Bertz CT molecular complexity index is 594. The van der Waals surface area contributed by atoms with Crippen LogP contribution in [0.4, 0.5) is 10.1 Å². The van der Waals surface area contributed by atoms with Gasteiger partial charge in [0.1, 0.15) is 11.5 Å². The highest BCUT2D eigenvalue weighted by atomic mass is 19.1. The van der Waals surface area contributed by atoms with E-state index >= 15 is 0 Å². The van der Waals surface area contributed by atoms with Crippen LogP contribution in [0.1, 0.15) is 21.7 Å². The van der Waals surface area contributed by atoms with Gasteiger partial charge in [-0.25, -0.2) is 14.2 Å². The minimum atomic E-state index is -1.08. The lowest BCUT2D eigenvalue weighted by molar-refractivity contribution is 0.0690. The monoisotopic (exact) mass is 260 g/mol. The molecule has 0 atom stereocenters. The number of aromatic nitrogens is 1. The highest BCUT2D eigenvalue weighted by Crippen LogP contribution is 2.19. The maximum atomic E-state index is 13.6. The number of hydrogen-bond donors (Lipinski definition) is 2. The molecule has 2 rings (SSSR count). The maximum absolute atomic E-state index is 13.6. The number of anilines is 1. The van der Waals surface area contributed by atoms with Crippen LogP contribution < -0.4 is 5.32 Å². The second kappa shape index (κ2) is 5.48. The molecule has 19 heavy (non-hydrogen) atoms. The fourth-order valence-corrected chi connectivity index (χ4v) is 1.73. The molecular weight excluding hydrogens is 247 g/mol. The molecule has 1 aromatic heterocycles. The number of halogens is 1. The van der Waals surface area contributed by atoms with E-state index in [2.05, 4.69) is 10.3 Å².